The molecule has 2 aromatic carbocycles. The third-order valence-corrected chi connectivity index (χ3v) is 4.93. The fourth-order valence-corrected chi connectivity index (χ4v) is 3.49. The third kappa shape index (κ3) is 4.21. The van der Waals surface area contributed by atoms with Crippen LogP contribution in [0.2, 0.25) is 10.0 Å². The number of fused-ring (bicyclic) bond motifs is 1. The zero-order valence-electron chi connectivity index (χ0n) is 15.5. The lowest BCUT2D eigenvalue weighted by Gasteiger charge is -2.22. The van der Waals surface area contributed by atoms with Gasteiger partial charge >= 0.3 is 0 Å². The summed E-state index contributed by atoms with van der Waals surface area (Å²) in [5.41, 5.74) is 1.72. The van der Waals surface area contributed by atoms with E-state index in [0.717, 1.165) is 11.9 Å². The average molecular weight is 420 g/mol. The molecule has 0 saturated heterocycles. The fraction of sp³-hybridized carbons (Fsp3) is 0.238. The van der Waals surface area contributed by atoms with Crippen LogP contribution < -0.4 is 0 Å². The zero-order chi connectivity index (χ0) is 20.3. The van der Waals surface area contributed by atoms with Crippen molar-refractivity contribution in [1.29, 1.82) is 0 Å². The summed E-state index contributed by atoms with van der Waals surface area (Å²) in [6, 6.07) is 9.31. The second-order valence-electron chi connectivity index (χ2n) is 6.41. The van der Waals surface area contributed by atoms with Crippen molar-refractivity contribution >= 4 is 40.1 Å². The molecule has 28 heavy (non-hydrogen) atoms. The van der Waals surface area contributed by atoms with Crippen molar-refractivity contribution < 1.29 is 9.18 Å². The number of aryl methyl sites for hydroxylation is 1. The molecule has 4 nitrogen and oxygen atoms in total. The maximum absolute atomic E-state index is 13.6. The van der Waals surface area contributed by atoms with Crippen molar-refractivity contribution in [2.45, 2.75) is 26.4 Å². The van der Waals surface area contributed by atoms with E-state index in [-0.39, 0.29) is 18.3 Å². The third-order valence-electron chi connectivity index (χ3n) is 4.36. The molecule has 0 bridgehead atoms. The number of hydrogen-bond donors (Lipinski definition) is 0. The number of imidazole rings is 1. The van der Waals surface area contributed by atoms with Crippen LogP contribution in [-0.2, 0) is 13.1 Å². The van der Waals surface area contributed by atoms with Gasteiger partial charge in [0.1, 0.15) is 11.6 Å². The lowest BCUT2D eigenvalue weighted by molar-refractivity contribution is 0.0757. The van der Waals surface area contributed by atoms with Crippen molar-refractivity contribution in [2.24, 2.45) is 0 Å². The summed E-state index contributed by atoms with van der Waals surface area (Å²) in [4.78, 5) is 19.2. The highest BCUT2D eigenvalue weighted by Crippen LogP contribution is 2.24. The number of carbonyl (C=O) groups is 1. The summed E-state index contributed by atoms with van der Waals surface area (Å²) < 4.78 is 15.6. The zero-order valence-corrected chi connectivity index (χ0v) is 17.0. The Morgan fingerprint density at radius 2 is 2.07 bits per heavy atom. The second-order valence-corrected chi connectivity index (χ2v) is 7.25. The number of aromatic nitrogens is 2. The standard InChI is InChI=1S/C21H20Cl2FN3O/c1-3-9-26(21(28)16-11-14(22)5-7-17(16)23)13-20-25-18-12-15(24)6-8-19(18)27(20)10-4-2/h3,5-8,11-12H,1,4,9-10,13H2,2H3. The molecule has 0 unspecified atom stereocenters. The summed E-state index contributed by atoms with van der Waals surface area (Å²) in [5.74, 6) is 0.0643. The molecule has 1 heterocycles. The minimum Gasteiger partial charge on any atom is -0.327 e. The van der Waals surface area contributed by atoms with Crippen LogP contribution in [0.3, 0.4) is 0 Å². The number of carbonyl (C=O) groups excluding carboxylic acids is 1. The molecular weight excluding hydrogens is 400 g/mol. The Kier molecular flexibility index (Phi) is 6.37. The first-order chi connectivity index (χ1) is 13.4. The predicted octanol–water partition coefficient (Wildman–Crippen LogP) is 5.72. The molecule has 0 spiro atoms. The van der Waals surface area contributed by atoms with E-state index in [4.69, 9.17) is 23.2 Å². The maximum Gasteiger partial charge on any atom is 0.256 e. The molecule has 7 heteroatoms. The van der Waals surface area contributed by atoms with Crippen molar-refractivity contribution in [3.05, 3.63) is 76.3 Å². The van der Waals surface area contributed by atoms with Gasteiger partial charge in [-0.3, -0.25) is 4.79 Å². The molecule has 1 amide bonds. The Balaban J connectivity index is 2.00. The summed E-state index contributed by atoms with van der Waals surface area (Å²) >= 11 is 12.2. The van der Waals surface area contributed by atoms with Gasteiger partial charge in [0.25, 0.3) is 5.91 Å². The van der Waals surface area contributed by atoms with Crippen LogP contribution in [0.4, 0.5) is 4.39 Å². The monoisotopic (exact) mass is 419 g/mol. The van der Waals surface area contributed by atoms with Gasteiger partial charge in [0.15, 0.2) is 0 Å². The van der Waals surface area contributed by atoms with Crippen molar-refractivity contribution in [3.63, 3.8) is 0 Å². The smallest absolute Gasteiger partial charge is 0.256 e. The Labute approximate surface area is 173 Å². The van der Waals surface area contributed by atoms with Gasteiger partial charge in [0.2, 0.25) is 0 Å². The molecule has 0 fully saturated rings. The van der Waals surface area contributed by atoms with Crippen molar-refractivity contribution in [3.8, 4) is 0 Å². The summed E-state index contributed by atoms with van der Waals surface area (Å²) in [6.07, 6.45) is 2.52. The van der Waals surface area contributed by atoms with Crippen LogP contribution in [0, 0.1) is 5.82 Å². The molecule has 146 valence electrons. The van der Waals surface area contributed by atoms with Crippen LogP contribution in [0.15, 0.2) is 49.1 Å². The molecule has 1 aromatic heterocycles. The lowest BCUT2D eigenvalue weighted by atomic mass is 10.2. The minimum atomic E-state index is -0.343. The van der Waals surface area contributed by atoms with Crippen LogP contribution in [0.5, 0.6) is 0 Å². The number of halogens is 3. The normalized spacial score (nSPS) is 11.0. The molecule has 3 rings (SSSR count). The lowest BCUT2D eigenvalue weighted by Crippen LogP contribution is -2.32. The maximum atomic E-state index is 13.6. The molecule has 0 radical (unpaired) electrons. The predicted molar refractivity (Wildman–Crippen MR) is 111 cm³/mol. The summed E-state index contributed by atoms with van der Waals surface area (Å²) in [6.45, 7) is 7.06. The molecule has 0 aliphatic carbocycles. The van der Waals surface area contributed by atoms with Crippen LogP contribution in [0.25, 0.3) is 11.0 Å². The average Bonchev–Trinajstić information content (AvgIpc) is 2.99. The number of hydrogen-bond acceptors (Lipinski definition) is 2. The Hall–Kier alpha value is -2.37. The number of nitrogens with zero attached hydrogens (tertiary/aromatic N) is 3. The SMILES string of the molecule is C=CCN(Cc1nc2cc(F)ccc2n1CCC)C(=O)c1cc(Cl)ccc1Cl. The first kappa shape index (κ1) is 20.4. The second kappa shape index (κ2) is 8.76. The van der Waals surface area contributed by atoms with E-state index in [2.05, 4.69) is 18.5 Å². The van der Waals surface area contributed by atoms with E-state index >= 15 is 0 Å². The molecule has 3 aromatic rings. The van der Waals surface area contributed by atoms with Gasteiger partial charge < -0.3 is 9.47 Å². The molecule has 0 N–H and O–H groups in total. The first-order valence-electron chi connectivity index (χ1n) is 8.94. The molecule has 0 aliphatic rings. The van der Waals surface area contributed by atoms with Gasteiger partial charge in [0, 0.05) is 24.2 Å². The van der Waals surface area contributed by atoms with Gasteiger partial charge in [-0.25, -0.2) is 9.37 Å². The number of amides is 1. The summed E-state index contributed by atoms with van der Waals surface area (Å²) in [5, 5.41) is 0.757. The van der Waals surface area contributed by atoms with Crippen LogP contribution in [-0.4, -0.2) is 26.9 Å². The van der Waals surface area contributed by atoms with E-state index in [1.807, 2.05) is 4.57 Å². The van der Waals surface area contributed by atoms with Gasteiger partial charge in [-0.2, -0.15) is 0 Å². The Morgan fingerprint density at radius 3 is 2.79 bits per heavy atom. The highest BCUT2D eigenvalue weighted by molar-refractivity contribution is 6.35. The highest BCUT2D eigenvalue weighted by Gasteiger charge is 2.21. The molecular formula is C21H20Cl2FN3O. The van der Waals surface area contributed by atoms with Gasteiger partial charge in [-0.05, 0) is 36.8 Å². The fourth-order valence-electron chi connectivity index (χ4n) is 3.12. The Bertz CT molecular complexity index is 1030. The topological polar surface area (TPSA) is 38.1 Å². The van der Waals surface area contributed by atoms with E-state index in [0.29, 0.717) is 40.0 Å². The quantitative estimate of drug-likeness (QED) is 0.459. The Morgan fingerprint density at radius 1 is 1.29 bits per heavy atom. The van der Waals surface area contributed by atoms with Gasteiger partial charge in [-0.15, -0.1) is 6.58 Å². The molecule has 0 aliphatic heterocycles. The minimum absolute atomic E-state index is 0.240. The molecule has 0 atom stereocenters. The van der Waals surface area contributed by atoms with Gasteiger partial charge in [-0.1, -0.05) is 36.2 Å². The van der Waals surface area contributed by atoms with E-state index in [9.17, 15) is 9.18 Å². The van der Waals surface area contributed by atoms with Crippen molar-refractivity contribution in [1.82, 2.24) is 14.5 Å². The highest BCUT2D eigenvalue weighted by atomic mass is 35.5. The van der Waals surface area contributed by atoms with Crippen molar-refractivity contribution in [2.75, 3.05) is 6.54 Å². The number of rotatable bonds is 7. The van der Waals surface area contributed by atoms with E-state index in [1.165, 1.54) is 12.1 Å². The largest absolute Gasteiger partial charge is 0.327 e. The molecule has 0 saturated carbocycles. The van der Waals surface area contributed by atoms with Gasteiger partial charge in [0.05, 0.1) is 28.2 Å². The van der Waals surface area contributed by atoms with E-state index < -0.39 is 0 Å². The summed E-state index contributed by atoms with van der Waals surface area (Å²) in [7, 11) is 0. The van der Waals surface area contributed by atoms with Crippen LogP contribution in [0.1, 0.15) is 29.5 Å². The van der Waals surface area contributed by atoms with E-state index in [1.54, 1.807) is 35.2 Å². The van der Waals surface area contributed by atoms with Crippen LogP contribution >= 0.6 is 23.2 Å². The number of benzene rings is 2. The first-order valence-corrected chi connectivity index (χ1v) is 9.70.